The van der Waals surface area contributed by atoms with Crippen LogP contribution in [0.5, 0.6) is 5.75 Å². The Labute approximate surface area is 120 Å². The first-order chi connectivity index (χ1) is 9.60. The van der Waals surface area contributed by atoms with Gasteiger partial charge in [0.1, 0.15) is 5.75 Å². The molecule has 0 N–H and O–H groups in total. The Morgan fingerprint density at radius 2 is 1.70 bits per heavy atom. The highest BCUT2D eigenvalue weighted by Crippen LogP contribution is 2.16. The summed E-state index contributed by atoms with van der Waals surface area (Å²) in [5, 5.41) is 0. The summed E-state index contributed by atoms with van der Waals surface area (Å²) in [4.78, 5) is 12.2. The predicted octanol–water partition coefficient (Wildman–Crippen LogP) is 4.13. The fraction of sp³-hybridized carbons (Fsp3) is 0.278. The summed E-state index contributed by atoms with van der Waals surface area (Å²) in [5.74, 6) is 0.937. The van der Waals surface area contributed by atoms with Crippen molar-refractivity contribution in [3.8, 4) is 5.75 Å². The Balaban J connectivity index is 2.09. The van der Waals surface area contributed by atoms with Crippen molar-refractivity contribution in [2.75, 3.05) is 6.61 Å². The molecule has 2 rings (SSSR count). The smallest absolute Gasteiger partial charge is 0.167 e. The minimum atomic E-state index is 0.135. The predicted molar refractivity (Wildman–Crippen MR) is 81.6 cm³/mol. The summed E-state index contributed by atoms with van der Waals surface area (Å²) in [6.07, 6.45) is 0.440. The van der Waals surface area contributed by atoms with Crippen molar-refractivity contribution in [1.29, 1.82) is 0 Å². The highest BCUT2D eigenvalue weighted by Gasteiger charge is 2.08. The fourth-order valence-electron chi connectivity index (χ4n) is 2.10. The number of carbonyl (C=O) groups is 1. The van der Waals surface area contributed by atoms with Crippen LogP contribution < -0.4 is 4.74 Å². The molecule has 0 aliphatic rings. The van der Waals surface area contributed by atoms with Crippen LogP contribution in [-0.4, -0.2) is 12.4 Å². The lowest BCUT2D eigenvalue weighted by molar-refractivity contribution is 0.0993. The molecule has 104 valence electrons. The van der Waals surface area contributed by atoms with Crippen LogP contribution in [-0.2, 0) is 6.42 Å². The van der Waals surface area contributed by atoms with E-state index in [1.54, 1.807) is 0 Å². The van der Waals surface area contributed by atoms with E-state index in [-0.39, 0.29) is 5.78 Å². The lowest BCUT2D eigenvalue weighted by atomic mass is 9.99. The number of carbonyl (C=O) groups excluding carboxylic acids is 1. The molecule has 2 aromatic rings. The van der Waals surface area contributed by atoms with Crippen LogP contribution in [0.15, 0.2) is 42.5 Å². The number of aryl methyl sites for hydroxylation is 2. The number of ketones is 1. The van der Waals surface area contributed by atoms with Crippen molar-refractivity contribution >= 4 is 5.78 Å². The van der Waals surface area contributed by atoms with E-state index in [4.69, 9.17) is 4.74 Å². The van der Waals surface area contributed by atoms with Crippen LogP contribution in [0, 0.1) is 13.8 Å². The zero-order chi connectivity index (χ0) is 14.5. The van der Waals surface area contributed by atoms with Crippen molar-refractivity contribution < 1.29 is 9.53 Å². The van der Waals surface area contributed by atoms with Gasteiger partial charge in [-0.05, 0) is 61.7 Å². The second-order valence-electron chi connectivity index (χ2n) is 4.98. The maximum absolute atomic E-state index is 12.2. The lowest BCUT2D eigenvalue weighted by Gasteiger charge is -2.06. The molecule has 0 aromatic heterocycles. The molecule has 2 nitrogen and oxygen atoms in total. The molecule has 0 aliphatic heterocycles. The van der Waals surface area contributed by atoms with E-state index in [1.807, 2.05) is 37.3 Å². The summed E-state index contributed by atoms with van der Waals surface area (Å²) in [6, 6.07) is 13.5. The van der Waals surface area contributed by atoms with Gasteiger partial charge in [0.25, 0.3) is 0 Å². The SMILES string of the molecule is CCOc1ccc(C(=O)Cc2ccc(C)c(C)c2)cc1. The highest BCUT2D eigenvalue weighted by atomic mass is 16.5. The molecule has 0 saturated carbocycles. The summed E-state index contributed by atoms with van der Waals surface area (Å²) in [5.41, 5.74) is 4.27. The molecule has 0 saturated heterocycles. The van der Waals surface area contributed by atoms with Gasteiger partial charge in [0, 0.05) is 12.0 Å². The van der Waals surface area contributed by atoms with Gasteiger partial charge in [0.05, 0.1) is 6.61 Å². The van der Waals surface area contributed by atoms with Crippen LogP contribution in [0.2, 0.25) is 0 Å². The molecule has 0 radical (unpaired) electrons. The summed E-state index contributed by atoms with van der Waals surface area (Å²) >= 11 is 0. The number of rotatable bonds is 5. The zero-order valence-electron chi connectivity index (χ0n) is 12.3. The van der Waals surface area contributed by atoms with E-state index in [0.29, 0.717) is 13.0 Å². The van der Waals surface area contributed by atoms with Crippen molar-refractivity contribution in [2.45, 2.75) is 27.2 Å². The maximum atomic E-state index is 12.2. The topological polar surface area (TPSA) is 26.3 Å². The van der Waals surface area contributed by atoms with Gasteiger partial charge in [-0.1, -0.05) is 18.2 Å². The first-order valence-corrected chi connectivity index (χ1v) is 6.92. The molecule has 0 fully saturated rings. The van der Waals surface area contributed by atoms with Gasteiger partial charge in [0.2, 0.25) is 0 Å². The van der Waals surface area contributed by atoms with Gasteiger partial charge in [-0.25, -0.2) is 0 Å². The number of ether oxygens (including phenoxy) is 1. The first kappa shape index (κ1) is 14.3. The van der Waals surface area contributed by atoms with E-state index in [0.717, 1.165) is 16.9 Å². The number of hydrogen-bond donors (Lipinski definition) is 0. The Kier molecular flexibility index (Phi) is 4.57. The van der Waals surface area contributed by atoms with Crippen LogP contribution in [0.25, 0.3) is 0 Å². The van der Waals surface area contributed by atoms with Gasteiger partial charge >= 0.3 is 0 Å². The summed E-state index contributed by atoms with van der Waals surface area (Å²) in [6.45, 7) is 6.72. The quantitative estimate of drug-likeness (QED) is 0.762. The largest absolute Gasteiger partial charge is 0.494 e. The molecule has 0 unspecified atom stereocenters. The third-order valence-electron chi connectivity index (χ3n) is 3.42. The van der Waals surface area contributed by atoms with Gasteiger partial charge in [0.15, 0.2) is 5.78 Å². The van der Waals surface area contributed by atoms with Gasteiger partial charge in [-0.2, -0.15) is 0 Å². The van der Waals surface area contributed by atoms with Crippen LogP contribution in [0.1, 0.15) is 34.0 Å². The fourth-order valence-corrected chi connectivity index (χ4v) is 2.10. The van der Waals surface area contributed by atoms with Crippen molar-refractivity contribution in [1.82, 2.24) is 0 Å². The summed E-state index contributed by atoms with van der Waals surface area (Å²) in [7, 11) is 0. The average molecular weight is 268 g/mol. The van der Waals surface area contributed by atoms with Gasteiger partial charge < -0.3 is 4.74 Å². The molecule has 0 aliphatic carbocycles. The molecule has 0 amide bonds. The first-order valence-electron chi connectivity index (χ1n) is 6.92. The normalized spacial score (nSPS) is 10.3. The van der Waals surface area contributed by atoms with E-state index in [9.17, 15) is 4.79 Å². The minimum absolute atomic E-state index is 0.135. The molecule has 0 atom stereocenters. The third-order valence-corrected chi connectivity index (χ3v) is 3.42. The molecule has 2 heteroatoms. The van der Waals surface area contributed by atoms with E-state index >= 15 is 0 Å². The lowest BCUT2D eigenvalue weighted by Crippen LogP contribution is -2.04. The van der Waals surface area contributed by atoms with Crippen LogP contribution in [0.4, 0.5) is 0 Å². The van der Waals surface area contributed by atoms with Crippen LogP contribution >= 0.6 is 0 Å². The molecular formula is C18H20O2. The Morgan fingerprint density at radius 3 is 2.30 bits per heavy atom. The number of Topliss-reactive ketones (excluding diaryl/α,β-unsaturated/α-hetero) is 1. The Morgan fingerprint density at radius 1 is 1.00 bits per heavy atom. The molecule has 20 heavy (non-hydrogen) atoms. The van der Waals surface area contributed by atoms with Gasteiger partial charge in [-0.15, -0.1) is 0 Å². The van der Waals surface area contributed by atoms with Crippen molar-refractivity contribution in [3.05, 3.63) is 64.7 Å². The third kappa shape index (κ3) is 3.47. The van der Waals surface area contributed by atoms with E-state index < -0.39 is 0 Å². The zero-order valence-corrected chi connectivity index (χ0v) is 12.3. The van der Waals surface area contributed by atoms with E-state index in [2.05, 4.69) is 26.0 Å². The maximum Gasteiger partial charge on any atom is 0.167 e. The summed E-state index contributed by atoms with van der Waals surface area (Å²) < 4.78 is 5.38. The molecule has 2 aromatic carbocycles. The molecule has 0 spiro atoms. The van der Waals surface area contributed by atoms with E-state index in [1.165, 1.54) is 11.1 Å². The minimum Gasteiger partial charge on any atom is -0.494 e. The monoisotopic (exact) mass is 268 g/mol. The average Bonchev–Trinajstić information content (AvgIpc) is 2.44. The molecule has 0 heterocycles. The second-order valence-corrected chi connectivity index (χ2v) is 4.98. The standard InChI is InChI=1S/C18H20O2/c1-4-20-17-9-7-16(8-10-17)18(19)12-15-6-5-13(2)14(3)11-15/h5-11H,4,12H2,1-3H3. The number of benzene rings is 2. The number of hydrogen-bond acceptors (Lipinski definition) is 2. The van der Waals surface area contributed by atoms with Crippen molar-refractivity contribution in [3.63, 3.8) is 0 Å². The molecular weight excluding hydrogens is 248 g/mol. The Hall–Kier alpha value is -2.09. The van der Waals surface area contributed by atoms with Crippen LogP contribution in [0.3, 0.4) is 0 Å². The Bertz CT molecular complexity index is 597. The molecule has 0 bridgehead atoms. The second kappa shape index (κ2) is 6.38. The highest BCUT2D eigenvalue weighted by molar-refractivity contribution is 5.97. The van der Waals surface area contributed by atoms with Gasteiger partial charge in [-0.3, -0.25) is 4.79 Å². The van der Waals surface area contributed by atoms with Crippen molar-refractivity contribution in [2.24, 2.45) is 0 Å².